The van der Waals surface area contributed by atoms with Gasteiger partial charge in [0.15, 0.2) is 0 Å². The third-order valence-corrected chi connectivity index (χ3v) is 4.96. The number of benzene rings is 1. The highest BCUT2D eigenvalue weighted by atomic mass is 35.5. The zero-order valence-electron chi connectivity index (χ0n) is 14.1. The number of anilines is 1. The molecule has 1 saturated heterocycles. The molecule has 1 aliphatic rings. The van der Waals surface area contributed by atoms with Crippen LogP contribution in [0.5, 0.6) is 0 Å². The largest absolute Gasteiger partial charge is 0.354 e. The molecule has 0 radical (unpaired) electrons. The van der Waals surface area contributed by atoms with Gasteiger partial charge in [-0.05, 0) is 25.5 Å². The molecule has 0 spiro atoms. The molecule has 0 amide bonds. The van der Waals surface area contributed by atoms with Gasteiger partial charge in [0.05, 0.1) is 0 Å². The van der Waals surface area contributed by atoms with Crippen molar-refractivity contribution in [3.05, 3.63) is 52.2 Å². The minimum absolute atomic E-state index is 0.232. The Balaban J connectivity index is 1.67. The summed E-state index contributed by atoms with van der Waals surface area (Å²) in [6, 6.07) is 4.85. The summed E-state index contributed by atoms with van der Waals surface area (Å²) in [5.74, 6) is 0.804. The van der Waals surface area contributed by atoms with Crippen molar-refractivity contribution in [1.29, 1.82) is 0 Å². The molecule has 2 aromatic rings. The molecule has 1 aliphatic heterocycles. The molecule has 24 heavy (non-hydrogen) atoms. The van der Waals surface area contributed by atoms with E-state index in [1.807, 2.05) is 6.92 Å². The average molecular weight is 349 g/mol. The Labute approximate surface area is 147 Å². The molecule has 0 N–H and O–H groups in total. The van der Waals surface area contributed by atoms with Crippen molar-refractivity contribution < 1.29 is 4.39 Å². The molecule has 1 fully saturated rings. The molecule has 6 heteroatoms. The van der Waals surface area contributed by atoms with Gasteiger partial charge in [0.1, 0.15) is 18.0 Å². The third-order valence-electron chi connectivity index (χ3n) is 4.61. The average Bonchev–Trinajstić information content (AvgIpc) is 2.59. The molecule has 0 unspecified atom stereocenters. The lowest BCUT2D eigenvalue weighted by Crippen LogP contribution is -2.46. The fourth-order valence-electron chi connectivity index (χ4n) is 3.20. The second-order valence-corrected chi connectivity index (χ2v) is 6.49. The standard InChI is InChI=1S/C18H22ClFN4/c1-3-14-13(2)21-12-22-18(14)24-9-7-23(8-10-24)11-15-16(19)5-4-6-17(15)20/h4-6,12H,3,7-11H2,1-2H3. The van der Waals surface area contributed by atoms with E-state index in [0.717, 1.165) is 44.1 Å². The number of aryl methyl sites for hydroxylation is 1. The summed E-state index contributed by atoms with van der Waals surface area (Å²) in [4.78, 5) is 13.3. The Hall–Kier alpha value is -1.72. The van der Waals surface area contributed by atoms with Crippen molar-refractivity contribution in [3.8, 4) is 0 Å². The summed E-state index contributed by atoms with van der Waals surface area (Å²) < 4.78 is 14.0. The van der Waals surface area contributed by atoms with Crippen LogP contribution >= 0.6 is 11.6 Å². The van der Waals surface area contributed by atoms with E-state index in [4.69, 9.17) is 11.6 Å². The predicted molar refractivity (Wildman–Crippen MR) is 95.0 cm³/mol. The molecule has 1 aromatic heterocycles. The molecular weight excluding hydrogens is 327 g/mol. The Kier molecular flexibility index (Phi) is 5.31. The molecule has 4 nitrogen and oxygen atoms in total. The summed E-state index contributed by atoms with van der Waals surface area (Å²) in [6.45, 7) is 8.16. The molecule has 0 aliphatic carbocycles. The van der Waals surface area contributed by atoms with Crippen LogP contribution in [0.3, 0.4) is 0 Å². The summed E-state index contributed by atoms with van der Waals surface area (Å²) in [5.41, 5.74) is 2.84. The summed E-state index contributed by atoms with van der Waals surface area (Å²) >= 11 is 6.14. The van der Waals surface area contributed by atoms with Crippen molar-refractivity contribution in [2.24, 2.45) is 0 Å². The lowest BCUT2D eigenvalue weighted by molar-refractivity contribution is 0.246. The van der Waals surface area contributed by atoms with Crippen LogP contribution in [-0.2, 0) is 13.0 Å². The lowest BCUT2D eigenvalue weighted by Gasteiger charge is -2.36. The van der Waals surface area contributed by atoms with Gasteiger partial charge in [0.25, 0.3) is 0 Å². The van der Waals surface area contributed by atoms with Gasteiger partial charge in [-0.2, -0.15) is 0 Å². The quantitative estimate of drug-likeness (QED) is 0.847. The van der Waals surface area contributed by atoms with Crippen molar-refractivity contribution in [2.75, 3.05) is 31.1 Å². The topological polar surface area (TPSA) is 32.3 Å². The fraction of sp³-hybridized carbons (Fsp3) is 0.444. The molecule has 1 aromatic carbocycles. The van der Waals surface area contributed by atoms with Crippen molar-refractivity contribution in [3.63, 3.8) is 0 Å². The number of hydrogen-bond donors (Lipinski definition) is 0. The van der Waals surface area contributed by atoms with Crippen molar-refractivity contribution >= 4 is 17.4 Å². The normalized spacial score (nSPS) is 15.8. The van der Waals surface area contributed by atoms with E-state index in [1.165, 1.54) is 11.6 Å². The molecule has 0 bridgehead atoms. The number of halogens is 2. The van der Waals surface area contributed by atoms with Crippen molar-refractivity contribution in [2.45, 2.75) is 26.8 Å². The van der Waals surface area contributed by atoms with Crippen LogP contribution in [0.25, 0.3) is 0 Å². The Morgan fingerprint density at radius 2 is 1.88 bits per heavy atom. The van der Waals surface area contributed by atoms with E-state index in [9.17, 15) is 4.39 Å². The molecule has 3 rings (SSSR count). The Bertz CT molecular complexity index is 694. The minimum atomic E-state index is -0.232. The zero-order chi connectivity index (χ0) is 17.1. The van der Waals surface area contributed by atoms with Gasteiger partial charge < -0.3 is 4.90 Å². The SMILES string of the molecule is CCc1c(C)ncnc1N1CCN(Cc2c(F)cccc2Cl)CC1. The van der Waals surface area contributed by atoms with Gasteiger partial charge in [-0.15, -0.1) is 0 Å². The molecule has 128 valence electrons. The first-order chi connectivity index (χ1) is 11.6. The van der Waals surface area contributed by atoms with E-state index in [-0.39, 0.29) is 5.82 Å². The number of rotatable bonds is 4. The van der Waals surface area contributed by atoms with Crippen LogP contribution in [0, 0.1) is 12.7 Å². The van der Waals surface area contributed by atoms with Gasteiger partial charge in [-0.3, -0.25) is 4.90 Å². The first-order valence-corrected chi connectivity index (χ1v) is 8.68. The fourth-order valence-corrected chi connectivity index (χ4v) is 3.42. The molecular formula is C18H22ClFN4. The van der Waals surface area contributed by atoms with Crippen LogP contribution < -0.4 is 4.90 Å². The zero-order valence-corrected chi connectivity index (χ0v) is 14.9. The highest BCUT2D eigenvalue weighted by Crippen LogP contribution is 2.24. The van der Waals surface area contributed by atoms with Crippen LogP contribution in [0.1, 0.15) is 23.7 Å². The van der Waals surface area contributed by atoms with E-state index >= 15 is 0 Å². The summed E-state index contributed by atoms with van der Waals surface area (Å²) in [6.07, 6.45) is 2.56. The maximum atomic E-state index is 14.0. The monoisotopic (exact) mass is 348 g/mol. The Morgan fingerprint density at radius 1 is 1.12 bits per heavy atom. The van der Waals surface area contributed by atoms with Gasteiger partial charge in [0, 0.05) is 54.6 Å². The lowest BCUT2D eigenvalue weighted by atomic mass is 10.1. The predicted octanol–water partition coefficient (Wildman–Crippen LogP) is 3.46. The number of hydrogen-bond acceptors (Lipinski definition) is 4. The van der Waals surface area contributed by atoms with E-state index in [0.29, 0.717) is 17.1 Å². The maximum Gasteiger partial charge on any atom is 0.135 e. The number of piperazine rings is 1. The second kappa shape index (κ2) is 7.45. The first kappa shape index (κ1) is 17.1. The van der Waals surface area contributed by atoms with Gasteiger partial charge >= 0.3 is 0 Å². The van der Waals surface area contributed by atoms with E-state index in [1.54, 1.807) is 18.5 Å². The third kappa shape index (κ3) is 3.52. The number of nitrogens with zero attached hydrogens (tertiary/aromatic N) is 4. The van der Waals surface area contributed by atoms with E-state index < -0.39 is 0 Å². The van der Waals surface area contributed by atoms with Crippen LogP contribution in [0.2, 0.25) is 5.02 Å². The first-order valence-electron chi connectivity index (χ1n) is 8.30. The minimum Gasteiger partial charge on any atom is -0.354 e. The van der Waals surface area contributed by atoms with Crippen LogP contribution in [0.4, 0.5) is 10.2 Å². The van der Waals surface area contributed by atoms with Gasteiger partial charge in [0.2, 0.25) is 0 Å². The highest BCUT2D eigenvalue weighted by molar-refractivity contribution is 6.31. The maximum absolute atomic E-state index is 14.0. The van der Waals surface area contributed by atoms with Gasteiger partial charge in [-0.1, -0.05) is 24.6 Å². The summed E-state index contributed by atoms with van der Waals surface area (Å²) in [5, 5.41) is 0.497. The molecule has 0 saturated carbocycles. The summed E-state index contributed by atoms with van der Waals surface area (Å²) in [7, 11) is 0. The van der Waals surface area contributed by atoms with Crippen molar-refractivity contribution in [1.82, 2.24) is 14.9 Å². The molecule has 0 atom stereocenters. The number of aromatic nitrogens is 2. The second-order valence-electron chi connectivity index (χ2n) is 6.08. The Morgan fingerprint density at radius 3 is 2.54 bits per heavy atom. The van der Waals surface area contributed by atoms with E-state index in [2.05, 4.69) is 26.7 Å². The smallest absolute Gasteiger partial charge is 0.135 e. The molecule has 2 heterocycles. The van der Waals surface area contributed by atoms with Crippen LogP contribution in [-0.4, -0.2) is 41.0 Å². The van der Waals surface area contributed by atoms with Crippen LogP contribution in [0.15, 0.2) is 24.5 Å². The highest BCUT2D eigenvalue weighted by Gasteiger charge is 2.22. The van der Waals surface area contributed by atoms with Gasteiger partial charge in [-0.25, -0.2) is 14.4 Å².